The minimum atomic E-state index is 0.403. The quantitative estimate of drug-likeness (QED) is 0.839. The van der Waals surface area contributed by atoms with Crippen LogP contribution < -0.4 is 19.9 Å². The molecule has 2 rings (SSSR count). The second-order valence-corrected chi connectivity index (χ2v) is 4.00. The monoisotopic (exact) mass is 259 g/mol. The highest BCUT2D eigenvalue weighted by atomic mass is 16.5. The minimum absolute atomic E-state index is 0.403. The fourth-order valence-corrected chi connectivity index (χ4v) is 1.76. The molecule has 0 amide bonds. The lowest BCUT2D eigenvalue weighted by Crippen LogP contribution is -2.01. The molecule has 19 heavy (non-hydrogen) atoms. The van der Waals surface area contributed by atoms with Gasteiger partial charge < -0.3 is 19.9 Å². The van der Waals surface area contributed by atoms with Crippen LogP contribution in [0.25, 0.3) is 0 Å². The fourth-order valence-electron chi connectivity index (χ4n) is 1.76. The van der Waals surface area contributed by atoms with Crippen molar-refractivity contribution in [2.75, 3.05) is 20.0 Å². The van der Waals surface area contributed by atoms with Gasteiger partial charge in [-0.25, -0.2) is 0 Å². The molecule has 0 saturated heterocycles. The SMILES string of the molecule is COc1ccc(OCc2ccccc2OC)c(N)c1. The van der Waals surface area contributed by atoms with Crippen molar-refractivity contribution >= 4 is 5.69 Å². The van der Waals surface area contributed by atoms with E-state index in [1.807, 2.05) is 30.3 Å². The fraction of sp³-hybridized carbons (Fsp3) is 0.200. The number of hydrogen-bond donors (Lipinski definition) is 1. The molecular formula is C15H17NO3. The largest absolute Gasteiger partial charge is 0.497 e. The first-order valence-corrected chi connectivity index (χ1v) is 5.93. The Hall–Kier alpha value is -2.36. The maximum absolute atomic E-state index is 5.90. The van der Waals surface area contributed by atoms with E-state index in [9.17, 15) is 0 Å². The molecule has 0 spiro atoms. The molecule has 0 radical (unpaired) electrons. The normalized spacial score (nSPS) is 10.0. The van der Waals surface area contributed by atoms with E-state index in [2.05, 4.69) is 0 Å². The minimum Gasteiger partial charge on any atom is -0.497 e. The van der Waals surface area contributed by atoms with Gasteiger partial charge in [0.25, 0.3) is 0 Å². The van der Waals surface area contributed by atoms with E-state index in [1.54, 1.807) is 26.4 Å². The predicted molar refractivity (Wildman–Crippen MR) is 74.7 cm³/mol. The third kappa shape index (κ3) is 3.10. The van der Waals surface area contributed by atoms with Gasteiger partial charge in [0, 0.05) is 11.6 Å². The predicted octanol–water partition coefficient (Wildman–Crippen LogP) is 2.87. The summed E-state index contributed by atoms with van der Waals surface area (Å²) in [5, 5.41) is 0. The summed E-state index contributed by atoms with van der Waals surface area (Å²) < 4.78 is 16.1. The summed E-state index contributed by atoms with van der Waals surface area (Å²) >= 11 is 0. The van der Waals surface area contributed by atoms with Crippen LogP contribution in [0.1, 0.15) is 5.56 Å². The van der Waals surface area contributed by atoms with Crippen molar-refractivity contribution in [3.8, 4) is 17.2 Å². The van der Waals surface area contributed by atoms with Crippen molar-refractivity contribution in [3.05, 3.63) is 48.0 Å². The van der Waals surface area contributed by atoms with Crippen LogP contribution in [0.4, 0.5) is 5.69 Å². The molecule has 2 N–H and O–H groups in total. The Kier molecular flexibility index (Phi) is 4.13. The Balaban J connectivity index is 2.10. The molecule has 100 valence electrons. The second kappa shape index (κ2) is 6.00. The summed E-state index contributed by atoms with van der Waals surface area (Å²) in [5.74, 6) is 2.14. The summed E-state index contributed by atoms with van der Waals surface area (Å²) in [6.07, 6.45) is 0. The van der Waals surface area contributed by atoms with E-state index < -0.39 is 0 Å². The molecule has 0 saturated carbocycles. The molecule has 0 unspecified atom stereocenters. The highest BCUT2D eigenvalue weighted by Crippen LogP contribution is 2.28. The number of anilines is 1. The van der Waals surface area contributed by atoms with Crippen molar-refractivity contribution in [1.82, 2.24) is 0 Å². The van der Waals surface area contributed by atoms with E-state index in [4.69, 9.17) is 19.9 Å². The zero-order valence-corrected chi connectivity index (χ0v) is 11.1. The first kappa shape index (κ1) is 13.1. The lowest BCUT2D eigenvalue weighted by atomic mass is 10.2. The van der Waals surface area contributed by atoms with Crippen LogP contribution in [-0.4, -0.2) is 14.2 Å². The second-order valence-electron chi connectivity index (χ2n) is 4.00. The average molecular weight is 259 g/mol. The smallest absolute Gasteiger partial charge is 0.142 e. The molecule has 0 aliphatic carbocycles. The van der Waals surface area contributed by atoms with Crippen LogP contribution in [-0.2, 0) is 6.61 Å². The number of rotatable bonds is 5. The molecule has 0 heterocycles. The first-order chi connectivity index (χ1) is 9.24. The Labute approximate surface area is 112 Å². The highest BCUT2D eigenvalue weighted by molar-refractivity contribution is 5.56. The molecule has 0 aliphatic rings. The topological polar surface area (TPSA) is 53.7 Å². The zero-order chi connectivity index (χ0) is 13.7. The zero-order valence-electron chi connectivity index (χ0n) is 11.1. The number of para-hydroxylation sites is 1. The summed E-state index contributed by atoms with van der Waals surface area (Å²) in [7, 11) is 3.24. The standard InChI is InChI=1S/C15H17NO3/c1-17-12-7-8-15(13(16)9-12)19-10-11-5-3-4-6-14(11)18-2/h3-9H,10,16H2,1-2H3. The summed E-state index contributed by atoms with van der Waals surface area (Å²) in [4.78, 5) is 0. The Morgan fingerprint density at radius 2 is 1.74 bits per heavy atom. The van der Waals surface area contributed by atoms with Gasteiger partial charge in [0.05, 0.1) is 19.9 Å². The molecule has 4 heteroatoms. The van der Waals surface area contributed by atoms with Gasteiger partial charge in [-0.1, -0.05) is 18.2 Å². The Morgan fingerprint density at radius 3 is 2.42 bits per heavy atom. The molecule has 0 aromatic heterocycles. The van der Waals surface area contributed by atoms with Crippen molar-refractivity contribution in [1.29, 1.82) is 0 Å². The van der Waals surface area contributed by atoms with Gasteiger partial charge in [-0.3, -0.25) is 0 Å². The van der Waals surface area contributed by atoms with Gasteiger partial charge in [0.2, 0.25) is 0 Å². The summed E-state index contributed by atoms with van der Waals surface area (Å²) in [5.41, 5.74) is 7.42. The van der Waals surface area contributed by atoms with Crippen molar-refractivity contribution in [2.24, 2.45) is 0 Å². The van der Waals surface area contributed by atoms with Crippen LogP contribution in [0.5, 0.6) is 17.2 Å². The Morgan fingerprint density at radius 1 is 0.947 bits per heavy atom. The summed E-state index contributed by atoms with van der Waals surface area (Å²) in [6.45, 7) is 0.403. The molecule has 2 aromatic rings. The lowest BCUT2D eigenvalue weighted by Gasteiger charge is -2.12. The molecule has 0 bridgehead atoms. The van der Waals surface area contributed by atoms with Gasteiger partial charge in [0.1, 0.15) is 23.9 Å². The van der Waals surface area contributed by atoms with E-state index in [0.717, 1.165) is 11.3 Å². The third-order valence-corrected chi connectivity index (χ3v) is 2.79. The van der Waals surface area contributed by atoms with Crippen molar-refractivity contribution in [3.63, 3.8) is 0 Å². The average Bonchev–Trinajstić information content (AvgIpc) is 2.46. The van der Waals surface area contributed by atoms with E-state index in [0.29, 0.717) is 23.8 Å². The number of nitrogen functional groups attached to an aromatic ring is 1. The first-order valence-electron chi connectivity index (χ1n) is 5.93. The molecule has 4 nitrogen and oxygen atoms in total. The van der Waals surface area contributed by atoms with Crippen LogP contribution in [0, 0.1) is 0 Å². The van der Waals surface area contributed by atoms with Crippen LogP contribution in [0.3, 0.4) is 0 Å². The maximum Gasteiger partial charge on any atom is 0.142 e. The number of hydrogen-bond acceptors (Lipinski definition) is 4. The van der Waals surface area contributed by atoms with Crippen LogP contribution in [0.2, 0.25) is 0 Å². The number of ether oxygens (including phenoxy) is 3. The van der Waals surface area contributed by atoms with Crippen molar-refractivity contribution < 1.29 is 14.2 Å². The van der Waals surface area contributed by atoms with Gasteiger partial charge in [-0.15, -0.1) is 0 Å². The van der Waals surface area contributed by atoms with Gasteiger partial charge in [-0.05, 0) is 18.2 Å². The summed E-state index contributed by atoms with van der Waals surface area (Å²) in [6, 6.07) is 13.1. The highest BCUT2D eigenvalue weighted by Gasteiger charge is 2.05. The van der Waals surface area contributed by atoms with E-state index in [1.165, 1.54) is 0 Å². The molecule has 0 aliphatic heterocycles. The molecular weight excluding hydrogens is 242 g/mol. The van der Waals surface area contributed by atoms with E-state index >= 15 is 0 Å². The lowest BCUT2D eigenvalue weighted by molar-refractivity contribution is 0.297. The molecule has 0 atom stereocenters. The van der Waals surface area contributed by atoms with Crippen molar-refractivity contribution in [2.45, 2.75) is 6.61 Å². The van der Waals surface area contributed by atoms with Crippen LogP contribution >= 0.6 is 0 Å². The number of nitrogens with two attached hydrogens (primary N) is 1. The molecule has 2 aromatic carbocycles. The van der Waals surface area contributed by atoms with Gasteiger partial charge in [0.15, 0.2) is 0 Å². The van der Waals surface area contributed by atoms with E-state index in [-0.39, 0.29) is 0 Å². The van der Waals surface area contributed by atoms with Gasteiger partial charge >= 0.3 is 0 Å². The molecule has 0 fully saturated rings. The Bertz CT molecular complexity index is 555. The third-order valence-electron chi connectivity index (χ3n) is 2.79. The van der Waals surface area contributed by atoms with Crippen LogP contribution in [0.15, 0.2) is 42.5 Å². The van der Waals surface area contributed by atoms with Gasteiger partial charge in [-0.2, -0.15) is 0 Å². The number of benzene rings is 2. The number of methoxy groups -OCH3 is 2. The maximum atomic E-state index is 5.90.